The van der Waals surface area contributed by atoms with Gasteiger partial charge in [-0.2, -0.15) is 0 Å². The van der Waals surface area contributed by atoms with E-state index in [-0.39, 0.29) is 5.91 Å². The van der Waals surface area contributed by atoms with Gasteiger partial charge in [0.25, 0.3) is 0 Å². The summed E-state index contributed by atoms with van der Waals surface area (Å²) in [6.45, 7) is 1.89. The Hall–Kier alpha value is -1.46. The fourth-order valence-electron chi connectivity index (χ4n) is 1.28. The van der Waals surface area contributed by atoms with E-state index >= 15 is 0 Å². The molecule has 4 N–H and O–H groups in total. The molecule has 0 saturated heterocycles. The highest BCUT2D eigenvalue weighted by molar-refractivity contribution is 5.76. The molecular formula is C12H19N3O2. The summed E-state index contributed by atoms with van der Waals surface area (Å²) in [6, 6.07) is 5.19. The SMILES string of the molecule is CC(O)C(N)CNC(=O)CCc1ccccn1. The number of nitrogens with zero attached hydrogens (tertiary/aromatic N) is 1. The quantitative estimate of drug-likeness (QED) is 0.641. The first kappa shape index (κ1) is 13.6. The molecular weight excluding hydrogens is 218 g/mol. The Morgan fingerprint density at radius 1 is 1.59 bits per heavy atom. The van der Waals surface area contributed by atoms with Crippen LogP contribution < -0.4 is 11.1 Å². The number of aliphatic hydroxyl groups is 1. The van der Waals surface area contributed by atoms with Crippen LogP contribution in [0.15, 0.2) is 24.4 Å². The van der Waals surface area contributed by atoms with Crippen molar-refractivity contribution >= 4 is 5.91 Å². The van der Waals surface area contributed by atoms with Crippen molar-refractivity contribution in [1.29, 1.82) is 0 Å². The second-order valence-corrected chi connectivity index (χ2v) is 4.03. The third-order valence-electron chi connectivity index (χ3n) is 2.49. The van der Waals surface area contributed by atoms with Gasteiger partial charge in [-0.25, -0.2) is 0 Å². The fourth-order valence-corrected chi connectivity index (χ4v) is 1.28. The average molecular weight is 237 g/mol. The molecule has 0 aromatic carbocycles. The topological polar surface area (TPSA) is 88.2 Å². The summed E-state index contributed by atoms with van der Waals surface area (Å²) in [5.74, 6) is -0.0771. The summed E-state index contributed by atoms with van der Waals surface area (Å²) in [6.07, 6.45) is 2.07. The predicted molar refractivity (Wildman–Crippen MR) is 65.2 cm³/mol. The van der Waals surface area contributed by atoms with Gasteiger partial charge in [-0.1, -0.05) is 6.07 Å². The molecule has 0 fully saturated rings. The number of nitrogens with two attached hydrogens (primary N) is 1. The van der Waals surface area contributed by atoms with Gasteiger partial charge in [-0.05, 0) is 25.5 Å². The Kier molecular flexibility index (Phi) is 5.59. The van der Waals surface area contributed by atoms with Crippen LogP contribution in [0.4, 0.5) is 0 Å². The maximum absolute atomic E-state index is 11.5. The molecule has 17 heavy (non-hydrogen) atoms. The van der Waals surface area contributed by atoms with Crippen LogP contribution in [0.5, 0.6) is 0 Å². The first-order valence-corrected chi connectivity index (χ1v) is 5.70. The number of nitrogens with one attached hydrogen (secondary N) is 1. The zero-order chi connectivity index (χ0) is 12.7. The van der Waals surface area contributed by atoms with Crippen molar-refractivity contribution in [3.8, 4) is 0 Å². The van der Waals surface area contributed by atoms with E-state index in [1.807, 2.05) is 18.2 Å². The highest BCUT2D eigenvalue weighted by atomic mass is 16.3. The Balaban J connectivity index is 2.22. The molecule has 0 radical (unpaired) electrons. The lowest BCUT2D eigenvalue weighted by atomic mass is 10.2. The van der Waals surface area contributed by atoms with E-state index in [0.717, 1.165) is 5.69 Å². The second-order valence-electron chi connectivity index (χ2n) is 4.03. The van der Waals surface area contributed by atoms with Crippen molar-refractivity contribution in [2.24, 2.45) is 5.73 Å². The summed E-state index contributed by atoms with van der Waals surface area (Å²) in [4.78, 5) is 15.6. The molecule has 0 bridgehead atoms. The van der Waals surface area contributed by atoms with Crippen molar-refractivity contribution in [2.75, 3.05) is 6.54 Å². The molecule has 2 unspecified atom stereocenters. The van der Waals surface area contributed by atoms with Gasteiger partial charge in [0, 0.05) is 30.9 Å². The molecule has 94 valence electrons. The number of hydrogen-bond acceptors (Lipinski definition) is 4. The third-order valence-corrected chi connectivity index (χ3v) is 2.49. The number of rotatable bonds is 6. The molecule has 0 saturated carbocycles. The van der Waals surface area contributed by atoms with Gasteiger partial charge in [0.1, 0.15) is 0 Å². The van der Waals surface area contributed by atoms with Gasteiger partial charge in [0.05, 0.1) is 6.10 Å². The van der Waals surface area contributed by atoms with E-state index < -0.39 is 12.1 Å². The Bertz CT molecular complexity index is 341. The zero-order valence-electron chi connectivity index (χ0n) is 9.97. The van der Waals surface area contributed by atoms with Crippen molar-refractivity contribution in [1.82, 2.24) is 10.3 Å². The lowest BCUT2D eigenvalue weighted by molar-refractivity contribution is -0.121. The number of aromatic nitrogens is 1. The van der Waals surface area contributed by atoms with Crippen LogP contribution in [-0.4, -0.2) is 34.7 Å². The zero-order valence-corrected chi connectivity index (χ0v) is 9.97. The van der Waals surface area contributed by atoms with E-state index in [1.54, 1.807) is 13.1 Å². The smallest absolute Gasteiger partial charge is 0.220 e. The number of hydrogen-bond donors (Lipinski definition) is 3. The third kappa shape index (κ3) is 5.42. The monoisotopic (exact) mass is 237 g/mol. The number of aliphatic hydroxyl groups excluding tert-OH is 1. The Morgan fingerprint density at radius 3 is 2.94 bits per heavy atom. The molecule has 5 nitrogen and oxygen atoms in total. The van der Waals surface area contributed by atoms with Crippen LogP contribution in [0.1, 0.15) is 19.0 Å². The molecule has 0 aliphatic heterocycles. The first-order chi connectivity index (χ1) is 8.09. The van der Waals surface area contributed by atoms with Crippen LogP contribution in [0, 0.1) is 0 Å². The van der Waals surface area contributed by atoms with Crippen LogP contribution in [0.3, 0.4) is 0 Å². The minimum Gasteiger partial charge on any atom is -0.392 e. The van der Waals surface area contributed by atoms with Gasteiger partial charge in [-0.3, -0.25) is 9.78 Å². The number of aryl methyl sites for hydroxylation is 1. The molecule has 1 heterocycles. The van der Waals surface area contributed by atoms with Gasteiger partial charge >= 0.3 is 0 Å². The van der Waals surface area contributed by atoms with Gasteiger partial charge < -0.3 is 16.2 Å². The maximum Gasteiger partial charge on any atom is 0.220 e. The van der Waals surface area contributed by atoms with Crippen LogP contribution in [-0.2, 0) is 11.2 Å². The molecule has 0 aliphatic carbocycles. The van der Waals surface area contributed by atoms with Gasteiger partial charge in [-0.15, -0.1) is 0 Å². The standard InChI is InChI=1S/C12H19N3O2/c1-9(16)11(13)8-15-12(17)6-5-10-4-2-3-7-14-10/h2-4,7,9,11,16H,5-6,8,13H2,1H3,(H,15,17). The summed E-state index contributed by atoms with van der Waals surface area (Å²) in [5, 5.41) is 11.8. The second kappa shape index (κ2) is 6.98. The average Bonchev–Trinajstić information content (AvgIpc) is 2.34. The predicted octanol–water partition coefficient (Wildman–Crippen LogP) is -0.161. The number of pyridine rings is 1. The van der Waals surface area contributed by atoms with E-state index in [4.69, 9.17) is 10.8 Å². The molecule has 1 aromatic heterocycles. The highest BCUT2D eigenvalue weighted by Gasteiger charge is 2.10. The van der Waals surface area contributed by atoms with Crippen molar-refractivity contribution in [3.63, 3.8) is 0 Å². The molecule has 1 aromatic rings. The molecule has 0 spiro atoms. The Labute approximate surface area is 101 Å². The van der Waals surface area contributed by atoms with E-state index in [1.165, 1.54) is 0 Å². The Morgan fingerprint density at radius 2 is 2.35 bits per heavy atom. The minimum atomic E-state index is -0.619. The highest BCUT2D eigenvalue weighted by Crippen LogP contribution is 1.98. The lowest BCUT2D eigenvalue weighted by Gasteiger charge is -2.15. The summed E-state index contributed by atoms with van der Waals surface area (Å²) in [7, 11) is 0. The molecule has 0 aliphatic rings. The van der Waals surface area contributed by atoms with Crippen LogP contribution >= 0.6 is 0 Å². The lowest BCUT2D eigenvalue weighted by Crippen LogP contribution is -2.43. The number of amides is 1. The number of carbonyl (C=O) groups excluding carboxylic acids is 1. The van der Waals surface area contributed by atoms with E-state index in [9.17, 15) is 4.79 Å². The molecule has 5 heteroatoms. The van der Waals surface area contributed by atoms with Gasteiger partial charge in [0.15, 0.2) is 0 Å². The van der Waals surface area contributed by atoms with Crippen molar-refractivity contribution < 1.29 is 9.90 Å². The van der Waals surface area contributed by atoms with E-state index in [0.29, 0.717) is 19.4 Å². The van der Waals surface area contributed by atoms with Gasteiger partial charge in [0.2, 0.25) is 5.91 Å². The summed E-state index contributed by atoms with van der Waals surface area (Å²) in [5.41, 5.74) is 6.49. The molecule has 1 amide bonds. The number of carbonyl (C=O) groups is 1. The summed E-state index contributed by atoms with van der Waals surface area (Å²) < 4.78 is 0. The maximum atomic E-state index is 11.5. The molecule has 1 rings (SSSR count). The largest absolute Gasteiger partial charge is 0.392 e. The van der Waals surface area contributed by atoms with Crippen molar-refractivity contribution in [3.05, 3.63) is 30.1 Å². The van der Waals surface area contributed by atoms with Crippen LogP contribution in [0.2, 0.25) is 0 Å². The van der Waals surface area contributed by atoms with E-state index in [2.05, 4.69) is 10.3 Å². The molecule has 2 atom stereocenters. The first-order valence-electron chi connectivity index (χ1n) is 5.70. The van der Waals surface area contributed by atoms with Crippen LogP contribution in [0.25, 0.3) is 0 Å². The normalized spacial score (nSPS) is 14.1. The van der Waals surface area contributed by atoms with Crippen molar-refractivity contribution in [2.45, 2.75) is 31.9 Å². The summed E-state index contributed by atoms with van der Waals surface area (Å²) >= 11 is 0. The fraction of sp³-hybridized carbons (Fsp3) is 0.500. The minimum absolute atomic E-state index is 0.0771.